The summed E-state index contributed by atoms with van der Waals surface area (Å²) in [4.78, 5) is 17.3. The lowest BCUT2D eigenvalue weighted by Crippen LogP contribution is -2.24. The van der Waals surface area contributed by atoms with E-state index >= 15 is 0 Å². The van der Waals surface area contributed by atoms with Gasteiger partial charge in [0.15, 0.2) is 5.82 Å². The number of rotatable bonds is 7. The summed E-state index contributed by atoms with van der Waals surface area (Å²) in [5.41, 5.74) is 3.20. The van der Waals surface area contributed by atoms with E-state index in [4.69, 9.17) is 0 Å². The Balaban J connectivity index is 1.41. The maximum absolute atomic E-state index is 13.4. The number of nitrogens with one attached hydrogen (secondary N) is 1. The van der Waals surface area contributed by atoms with Crippen LogP contribution in [0.1, 0.15) is 21.5 Å². The van der Waals surface area contributed by atoms with Crippen LogP contribution in [0.2, 0.25) is 0 Å². The number of carbonyl (C=O) groups excluding carboxylic acids is 1. The highest BCUT2D eigenvalue weighted by Crippen LogP contribution is 2.20. The number of amides is 1. The Hall–Kier alpha value is -4.46. The highest BCUT2D eigenvalue weighted by Gasteiger charge is 2.20. The van der Waals surface area contributed by atoms with E-state index in [0.29, 0.717) is 30.2 Å². The number of imidazole rings is 1. The van der Waals surface area contributed by atoms with Gasteiger partial charge in [0.2, 0.25) is 0 Å². The Morgan fingerprint density at radius 3 is 2.42 bits per heavy atom. The second-order valence-corrected chi connectivity index (χ2v) is 7.55. The van der Waals surface area contributed by atoms with Crippen LogP contribution in [0.5, 0.6) is 0 Å². The van der Waals surface area contributed by atoms with Gasteiger partial charge in [-0.15, -0.1) is 0 Å². The summed E-state index contributed by atoms with van der Waals surface area (Å²) in [6.07, 6.45) is 10.6. The Bertz CT molecular complexity index is 1350. The highest BCUT2D eigenvalue weighted by molar-refractivity contribution is 5.97. The van der Waals surface area contributed by atoms with Crippen molar-refractivity contribution in [1.29, 1.82) is 0 Å². The molecule has 0 aliphatic rings. The quantitative estimate of drug-likeness (QED) is 0.416. The molecular weight excluding hydrogens is 419 g/mol. The fourth-order valence-corrected chi connectivity index (χ4v) is 3.73. The van der Waals surface area contributed by atoms with E-state index in [2.05, 4.69) is 15.4 Å². The molecule has 5 rings (SSSR count). The van der Waals surface area contributed by atoms with E-state index in [-0.39, 0.29) is 11.7 Å². The van der Waals surface area contributed by atoms with E-state index in [1.165, 1.54) is 18.3 Å². The fourth-order valence-electron chi connectivity index (χ4n) is 3.73. The molecule has 0 unspecified atom stereocenters. The molecule has 33 heavy (non-hydrogen) atoms. The van der Waals surface area contributed by atoms with Crippen LogP contribution < -0.4 is 5.32 Å². The second-order valence-electron chi connectivity index (χ2n) is 7.55. The van der Waals surface area contributed by atoms with Crippen molar-refractivity contribution in [2.24, 2.45) is 0 Å². The third-order valence-corrected chi connectivity index (χ3v) is 5.38. The Morgan fingerprint density at radius 2 is 1.70 bits per heavy atom. The molecule has 7 nitrogen and oxygen atoms in total. The lowest BCUT2D eigenvalue weighted by Gasteiger charge is -2.13. The minimum atomic E-state index is -0.333. The Kier molecular flexibility index (Phi) is 5.55. The maximum Gasteiger partial charge on any atom is 0.256 e. The molecule has 5 aromatic rings. The molecule has 1 N–H and O–H groups in total. The van der Waals surface area contributed by atoms with Crippen LogP contribution in [0.25, 0.3) is 11.5 Å². The summed E-state index contributed by atoms with van der Waals surface area (Å²) in [7, 11) is 0. The van der Waals surface area contributed by atoms with Crippen LogP contribution in [0.4, 0.5) is 4.39 Å². The van der Waals surface area contributed by atoms with Crippen LogP contribution in [-0.2, 0) is 13.1 Å². The number of carbonyl (C=O) groups is 1. The number of hydrogen-bond donors (Lipinski definition) is 1. The van der Waals surface area contributed by atoms with Crippen molar-refractivity contribution in [3.05, 3.63) is 120 Å². The van der Waals surface area contributed by atoms with Crippen molar-refractivity contribution in [1.82, 2.24) is 29.2 Å². The summed E-state index contributed by atoms with van der Waals surface area (Å²) in [6, 6.07) is 17.7. The largest absolute Gasteiger partial charge is 0.348 e. The maximum atomic E-state index is 13.4. The second kappa shape index (κ2) is 8.96. The summed E-state index contributed by atoms with van der Waals surface area (Å²) in [5, 5.41) is 7.44. The van der Waals surface area contributed by atoms with Gasteiger partial charge in [-0.1, -0.05) is 24.3 Å². The van der Waals surface area contributed by atoms with Gasteiger partial charge in [-0.3, -0.25) is 4.79 Å². The third-order valence-electron chi connectivity index (χ3n) is 5.38. The molecule has 0 saturated heterocycles. The van der Waals surface area contributed by atoms with Gasteiger partial charge < -0.3 is 14.5 Å². The molecule has 164 valence electrons. The summed E-state index contributed by atoms with van der Waals surface area (Å²) < 4.78 is 18.8. The summed E-state index contributed by atoms with van der Waals surface area (Å²) >= 11 is 0. The van der Waals surface area contributed by atoms with Gasteiger partial charge in [-0.25, -0.2) is 14.1 Å². The molecule has 0 aliphatic heterocycles. The number of benzene rings is 2. The molecule has 3 aromatic heterocycles. The number of hydrogen-bond acceptors (Lipinski definition) is 3. The lowest BCUT2D eigenvalue weighted by atomic mass is 10.1. The first-order valence-electron chi connectivity index (χ1n) is 10.5. The average Bonchev–Trinajstić information content (AvgIpc) is 3.60. The van der Waals surface area contributed by atoms with Crippen LogP contribution in [-0.4, -0.2) is 29.8 Å². The minimum Gasteiger partial charge on any atom is -0.348 e. The van der Waals surface area contributed by atoms with Gasteiger partial charge in [0, 0.05) is 37.9 Å². The zero-order chi connectivity index (χ0) is 22.6. The van der Waals surface area contributed by atoms with Gasteiger partial charge in [0.25, 0.3) is 5.91 Å². The predicted octanol–water partition coefficient (Wildman–Crippen LogP) is 3.98. The van der Waals surface area contributed by atoms with Crippen molar-refractivity contribution in [2.75, 3.05) is 0 Å². The molecule has 0 spiro atoms. The zero-order valence-electron chi connectivity index (χ0n) is 17.7. The number of halogens is 1. The molecule has 8 heteroatoms. The molecule has 0 saturated carbocycles. The van der Waals surface area contributed by atoms with Crippen molar-refractivity contribution in [3.8, 4) is 11.5 Å². The van der Waals surface area contributed by atoms with Crippen LogP contribution in [0, 0.1) is 5.82 Å². The zero-order valence-corrected chi connectivity index (χ0v) is 17.7. The van der Waals surface area contributed by atoms with Gasteiger partial charge in [-0.2, -0.15) is 5.10 Å². The van der Waals surface area contributed by atoms with Gasteiger partial charge in [0.1, 0.15) is 11.4 Å². The smallest absolute Gasteiger partial charge is 0.256 e. The molecule has 0 radical (unpaired) electrons. The average molecular weight is 440 g/mol. The topological polar surface area (TPSA) is 69.7 Å². The molecule has 2 aromatic carbocycles. The predicted molar refractivity (Wildman–Crippen MR) is 122 cm³/mol. The molecule has 0 aliphatic carbocycles. The third kappa shape index (κ3) is 4.31. The van der Waals surface area contributed by atoms with Crippen LogP contribution in [0.15, 0.2) is 98.0 Å². The first-order chi connectivity index (χ1) is 16.2. The van der Waals surface area contributed by atoms with E-state index in [1.807, 2.05) is 64.1 Å². The molecule has 1 amide bonds. The first kappa shape index (κ1) is 20.4. The standard InChI is InChI=1S/C25H21FN6O/c26-21-7-9-22(10-8-21)32-25(31-12-3-4-13-31)23(16-29-32)24(33)28-15-19-5-1-2-6-20(19)17-30-14-11-27-18-30/h1-14,16,18H,15,17H2,(H,28,33). The Morgan fingerprint density at radius 1 is 0.939 bits per heavy atom. The van der Waals surface area contributed by atoms with Crippen molar-refractivity contribution in [3.63, 3.8) is 0 Å². The highest BCUT2D eigenvalue weighted by atomic mass is 19.1. The normalized spacial score (nSPS) is 10.9. The first-order valence-corrected chi connectivity index (χ1v) is 10.5. The van der Waals surface area contributed by atoms with Gasteiger partial charge in [0.05, 0.1) is 18.2 Å². The Labute approximate surface area is 189 Å². The van der Waals surface area contributed by atoms with Crippen molar-refractivity contribution < 1.29 is 9.18 Å². The number of nitrogens with zero attached hydrogens (tertiary/aromatic N) is 5. The van der Waals surface area contributed by atoms with E-state index < -0.39 is 0 Å². The molecule has 0 fully saturated rings. The van der Waals surface area contributed by atoms with E-state index in [0.717, 1.165) is 11.1 Å². The summed E-state index contributed by atoms with van der Waals surface area (Å²) in [5.74, 6) is 0.000972. The van der Waals surface area contributed by atoms with Gasteiger partial charge in [-0.05, 0) is 47.5 Å². The van der Waals surface area contributed by atoms with E-state index in [1.54, 1.807) is 29.3 Å². The van der Waals surface area contributed by atoms with Crippen molar-refractivity contribution in [2.45, 2.75) is 13.1 Å². The SMILES string of the molecule is O=C(NCc1ccccc1Cn1ccnc1)c1cnn(-c2ccc(F)cc2)c1-n1cccc1. The van der Waals surface area contributed by atoms with Crippen LogP contribution >= 0.6 is 0 Å². The van der Waals surface area contributed by atoms with Crippen LogP contribution in [0.3, 0.4) is 0 Å². The minimum absolute atomic E-state index is 0.246. The fraction of sp³-hybridized carbons (Fsp3) is 0.0800. The van der Waals surface area contributed by atoms with Crippen molar-refractivity contribution >= 4 is 5.91 Å². The van der Waals surface area contributed by atoms with Gasteiger partial charge >= 0.3 is 0 Å². The molecule has 0 atom stereocenters. The monoisotopic (exact) mass is 440 g/mol. The molecular formula is C25H21FN6O. The summed E-state index contributed by atoms with van der Waals surface area (Å²) in [6.45, 7) is 1.04. The van der Waals surface area contributed by atoms with E-state index in [9.17, 15) is 9.18 Å². The lowest BCUT2D eigenvalue weighted by molar-refractivity contribution is 0.0951. The number of aromatic nitrogens is 5. The molecule has 3 heterocycles. The molecule has 0 bridgehead atoms.